The molecule has 6 heteroatoms. The van der Waals surface area contributed by atoms with Crippen LogP contribution in [0.3, 0.4) is 0 Å². The Balaban J connectivity index is 4.26. The summed E-state index contributed by atoms with van der Waals surface area (Å²) in [4.78, 5) is 10.4. The van der Waals surface area contributed by atoms with E-state index in [1.807, 2.05) is 0 Å². The largest absolute Gasteiger partial charge is 0.463 e. The summed E-state index contributed by atoms with van der Waals surface area (Å²) < 4.78 is 39.1. The molecule has 0 heterocycles. The van der Waals surface area contributed by atoms with Gasteiger partial charge in [0.1, 0.15) is 5.03 Å². The van der Waals surface area contributed by atoms with E-state index < -0.39 is 17.2 Å². The second-order valence-corrected chi connectivity index (χ2v) is 2.15. The number of allylic oxidation sites excluding steroid dienone is 1. The molecular weight excluding hydrogens is 197 g/mol. The van der Waals surface area contributed by atoms with Crippen LogP contribution in [0.4, 0.5) is 13.2 Å². The van der Waals surface area contributed by atoms with E-state index in [4.69, 9.17) is 11.6 Å². The van der Waals surface area contributed by atoms with Crippen LogP contribution >= 0.6 is 11.6 Å². The second kappa shape index (κ2) is 4.35. The number of ether oxygens (including phenoxy) is 1. The van der Waals surface area contributed by atoms with Gasteiger partial charge < -0.3 is 4.74 Å². The first kappa shape index (κ1) is 11.3. The van der Waals surface area contributed by atoms with Gasteiger partial charge in [-0.3, -0.25) is 0 Å². The van der Waals surface area contributed by atoms with Gasteiger partial charge in [-0.15, -0.1) is 0 Å². The summed E-state index contributed by atoms with van der Waals surface area (Å²) in [5.74, 6) is -1.10. The molecule has 0 aromatic rings. The van der Waals surface area contributed by atoms with Crippen molar-refractivity contribution in [3.05, 3.63) is 11.1 Å². The van der Waals surface area contributed by atoms with Crippen LogP contribution < -0.4 is 0 Å². The first-order chi connectivity index (χ1) is 5.38. The normalized spacial score (nSPS) is 12.9. The predicted molar refractivity (Wildman–Crippen MR) is 36.6 cm³/mol. The number of hydrogen-bond donors (Lipinski definition) is 0. The maximum atomic E-state index is 11.6. The lowest BCUT2D eigenvalue weighted by molar-refractivity contribution is -0.138. The van der Waals surface area contributed by atoms with Crippen LogP contribution in [0.25, 0.3) is 0 Å². The zero-order chi connectivity index (χ0) is 9.78. The number of halogens is 4. The number of rotatable bonds is 2. The molecule has 0 aliphatic heterocycles. The van der Waals surface area contributed by atoms with Crippen LogP contribution in [0.1, 0.15) is 6.92 Å². The summed E-state index contributed by atoms with van der Waals surface area (Å²) in [5.41, 5.74) is 0. The minimum absolute atomic E-state index is 0.0113. The zero-order valence-corrected chi connectivity index (χ0v) is 6.87. The third-order valence-electron chi connectivity index (χ3n) is 0.802. The highest BCUT2D eigenvalue weighted by atomic mass is 35.5. The van der Waals surface area contributed by atoms with Crippen molar-refractivity contribution >= 4 is 17.6 Å². The highest BCUT2D eigenvalue weighted by molar-refractivity contribution is 6.31. The number of carbonyl (C=O) groups is 1. The molecule has 12 heavy (non-hydrogen) atoms. The number of esters is 1. The van der Waals surface area contributed by atoms with Gasteiger partial charge in [0.2, 0.25) is 0 Å². The SMILES string of the molecule is CCOC(=O)C=C(Cl)C(F)(F)F. The first-order valence-electron chi connectivity index (χ1n) is 2.99. The van der Waals surface area contributed by atoms with Crippen molar-refractivity contribution in [3.63, 3.8) is 0 Å². The first-order valence-corrected chi connectivity index (χ1v) is 3.37. The van der Waals surface area contributed by atoms with Gasteiger partial charge in [0.25, 0.3) is 0 Å². The summed E-state index contributed by atoms with van der Waals surface area (Å²) in [6.07, 6.45) is -4.49. The van der Waals surface area contributed by atoms with Crippen LogP contribution in [0, 0.1) is 0 Å². The van der Waals surface area contributed by atoms with Crippen LogP contribution in [-0.2, 0) is 9.53 Å². The minimum atomic E-state index is -4.69. The van der Waals surface area contributed by atoms with E-state index in [1.54, 1.807) is 0 Å². The molecule has 0 aromatic carbocycles. The van der Waals surface area contributed by atoms with Gasteiger partial charge in [-0.05, 0) is 6.92 Å². The lowest BCUT2D eigenvalue weighted by atomic mass is 10.5. The lowest BCUT2D eigenvalue weighted by Gasteiger charge is -2.03. The Morgan fingerprint density at radius 3 is 2.42 bits per heavy atom. The number of alkyl halides is 3. The molecule has 0 spiro atoms. The average molecular weight is 203 g/mol. The Morgan fingerprint density at radius 2 is 2.08 bits per heavy atom. The van der Waals surface area contributed by atoms with Gasteiger partial charge in [-0.25, -0.2) is 4.79 Å². The molecule has 0 saturated carbocycles. The molecule has 0 radical (unpaired) electrons. The molecule has 0 saturated heterocycles. The molecule has 0 aliphatic rings. The van der Waals surface area contributed by atoms with Crippen molar-refractivity contribution in [1.29, 1.82) is 0 Å². The fraction of sp³-hybridized carbons (Fsp3) is 0.500. The lowest BCUT2D eigenvalue weighted by Crippen LogP contribution is -2.10. The van der Waals surface area contributed by atoms with Gasteiger partial charge in [0, 0.05) is 6.08 Å². The quantitative estimate of drug-likeness (QED) is 0.507. The Hall–Kier alpha value is -0.710. The van der Waals surface area contributed by atoms with E-state index in [1.165, 1.54) is 6.92 Å². The molecule has 0 bridgehead atoms. The molecule has 0 amide bonds. The molecule has 2 nitrogen and oxygen atoms in total. The van der Waals surface area contributed by atoms with E-state index in [-0.39, 0.29) is 12.7 Å². The van der Waals surface area contributed by atoms with Crippen LogP contribution in [0.2, 0.25) is 0 Å². The smallest absolute Gasteiger partial charge is 0.427 e. The average Bonchev–Trinajstić information content (AvgIpc) is 1.85. The highest BCUT2D eigenvalue weighted by Crippen LogP contribution is 2.28. The molecule has 0 N–H and O–H groups in total. The maximum Gasteiger partial charge on any atom is 0.427 e. The monoisotopic (exact) mass is 202 g/mol. The topological polar surface area (TPSA) is 26.3 Å². The molecule has 0 fully saturated rings. The van der Waals surface area contributed by atoms with Crippen LogP contribution in [0.15, 0.2) is 11.1 Å². The van der Waals surface area contributed by atoms with E-state index in [0.29, 0.717) is 0 Å². The Bertz CT molecular complexity index is 197. The molecule has 0 unspecified atom stereocenters. The summed E-state index contributed by atoms with van der Waals surface area (Å²) in [7, 11) is 0. The van der Waals surface area contributed by atoms with E-state index in [9.17, 15) is 18.0 Å². The third-order valence-corrected chi connectivity index (χ3v) is 1.13. The van der Waals surface area contributed by atoms with Crippen molar-refractivity contribution < 1.29 is 22.7 Å². The fourth-order valence-electron chi connectivity index (χ4n) is 0.369. The minimum Gasteiger partial charge on any atom is -0.463 e. The van der Waals surface area contributed by atoms with Gasteiger partial charge in [-0.1, -0.05) is 11.6 Å². The predicted octanol–water partition coefficient (Wildman–Crippen LogP) is 2.23. The molecule has 0 aliphatic carbocycles. The fourth-order valence-corrected chi connectivity index (χ4v) is 0.458. The zero-order valence-electron chi connectivity index (χ0n) is 6.11. The number of carbonyl (C=O) groups excluding carboxylic acids is 1. The summed E-state index contributed by atoms with van der Waals surface area (Å²) >= 11 is 4.72. The van der Waals surface area contributed by atoms with Crippen molar-refractivity contribution in [2.45, 2.75) is 13.1 Å². The van der Waals surface area contributed by atoms with Crippen LogP contribution in [0.5, 0.6) is 0 Å². The third kappa shape index (κ3) is 4.23. The molecule has 0 atom stereocenters. The maximum absolute atomic E-state index is 11.6. The van der Waals surface area contributed by atoms with Crippen molar-refractivity contribution in [2.24, 2.45) is 0 Å². The Labute approximate surface area is 71.9 Å². The van der Waals surface area contributed by atoms with E-state index in [0.717, 1.165) is 0 Å². The molecular formula is C6H6ClF3O2. The van der Waals surface area contributed by atoms with Gasteiger partial charge in [0.15, 0.2) is 0 Å². The summed E-state index contributed by atoms with van der Waals surface area (Å²) in [6, 6.07) is 0. The van der Waals surface area contributed by atoms with Gasteiger partial charge >= 0.3 is 12.1 Å². The summed E-state index contributed by atoms with van der Waals surface area (Å²) in [6.45, 7) is 1.49. The molecule has 0 rings (SSSR count). The molecule has 70 valence electrons. The van der Waals surface area contributed by atoms with Crippen molar-refractivity contribution in [1.82, 2.24) is 0 Å². The van der Waals surface area contributed by atoms with Gasteiger partial charge in [0.05, 0.1) is 6.61 Å². The Kier molecular flexibility index (Phi) is 4.09. The van der Waals surface area contributed by atoms with Gasteiger partial charge in [-0.2, -0.15) is 13.2 Å². The van der Waals surface area contributed by atoms with Crippen LogP contribution in [-0.4, -0.2) is 18.8 Å². The standard InChI is InChI=1S/C6H6ClF3O2/c1-2-12-5(11)3-4(7)6(8,9)10/h3H,2H2,1H3. The van der Waals surface area contributed by atoms with Crippen molar-refractivity contribution in [3.8, 4) is 0 Å². The second-order valence-electron chi connectivity index (χ2n) is 1.74. The van der Waals surface area contributed by atoms with E-state index >= 15 is 0 Å². The highest BCUT2D eigenvalue weighted by Gasteiger charge is 2.33. The number of hydrogen-bond acceptors (Lipinski definition) is 2. The Morgan fingerprint density at radius 1 is 1.58 bits per heavy atom. The van der Waals surface area contributed by atoms with Crippen molar-refractivity contribution in [2.75, 3.05) is 6.61 Å². The molecule has 0 aromatic heterocycles. The summed E-state index contributed by atoms with van der Waals surface area (Å²) in [5, 5.41) is -1.49. The van der Waals surface area contributed by atoms with E-state index in [2.05, 4.69) is 4.74 Å².